The van der Waals surface area contributed by atoms with E-state index in [1.807, 2.05) is 66.7 Å². The molecule has 3 aromatic rings. The Hall–Kier alpha value is -3.84. The number of carboxylic acid groups (broad SMARTS) is 1. The van der Waals surface area contributed by atoms with Gasteiger partial charge in [-0.2, -0.15) is 0 Å². The summed E-state index contributed by atoms with van der Waals surface area (Å²) >= 11 is 0. The molecule has 0 bridgehead atoms. The molecule has 7 nitrogen and oxygen atoms in total. The van der Waals surface area contributed by atoms with E-state index in [2.05, 4.69) is 43.1 Å². The summed E-state index contributed by atoms with van der Waals surface area (Å²) in [4.78, 5) is 26.3. The summed E-state index contributed by atoms with van der Waals surface area (Å²) in [5.41, 5.74) is 4.12. The third-order valence-electron chi connectivity index (χ3n) is 8.64. The van der Waals surface area contributed by atoms with Crippen LogP contribution in [0.3, 0.4) is 0 Å². The van der Waals surface area contributed by atoms with Gasteiger partial charge in [0.15, 0.2) is 0 Å². The highest BCUT2D eigenvalue weighted by Gasteiger charge is 2.45. The minimum Gasteiger partial charge on any atom is -0.493 e. The van der Waals surface area contributed by atoms with Gasteiger partial charge in [0.2, 0.25) is 0 Å². The van der Waals surface area contributed by atoms with Gasteiger partial charge in [0.25, 0.3) is 0 Å². The molecule has 1 amide bonds. The van der Waals surface area contributed by atoms with Gasteiger partial charge in [0, 0.05) is 24.7 Å². The Bertz CT molecular complexity index is 1340. The van der Waals surface area contributed by atoms with Crippen molar-refractivity contribution in [2.45, 2.75) is 58.6 Å². The Morgan fingerprint density at radius 1 is 0.929 bits per heavy atom. The van der Waals surface area contributed by atoms with Crippen molar-refractivity contribution in [2.24, 2.45) is 17.3 Å². The van der Waals surface area contributed by atoms with Gasteiger partial charge >= 0.3 is 12.1 Å². The molecule has 1 aliphatic carbocycles. The molecule has 222 valence electrons. The number of ether oxygens (including phenoxy) is 2. The van der Waals surface area contributed by atoms with Crippen LogP contribution >= 0.6 is 0 Å². The molecular weight excluding hydrogens is 528 g/mol. The van der Waals surface area contributed by atoms with Gasteiger partial charge in [-0.15, -0.1) is 0 Å². The van der Waals surface area contributed by atoms with E-state index in [1.54, 1.807) is 0 Å². The van der Waals surface area contributed by atoms with Gasteiger partial charge < -0.3 is 14.6 Å². The van der Waals surface area contributed by atoms with Gasteiger partial charge in [-0.05, 0) is 65.8 Å². The highest BCUT2D eigenvalue weighted by atomic mass is 16.6. The van der Waals surface area contributed by atoms with Crippen molar-refractivity contribution in [1.82, 2.24) is 4.90 Å². The first-order chi connectivity index (χ1) is 20.2. The smallest absolute Gasteiger partial charge is 0.411 e. The Morgan fingerprint density at radius 3 is 2.21 bits per heavy atom. The lowest BCUT2D eigenvalue weighted by molar-refractivity contribution is -0.137. The maximum absolute atomic E-state index is 12.9. The number of fused-ring (bicyclic) bond motifs is 1. The number of para-hydroxylation sites is 1. The van der Waals surface area contributed by atoms with Gasteiger partial charge in [-0.1, -0.05) is 81.4 Å². The average molecular weight is 571 g/mol. The number of carbonyl (C=O) groups is 2. The first kappa shape index (κ1) is 29.6. The molecule has 4 atom stereocenters. The van der Waals surface area contributed by atoms with Crippen LogP contribution in [-0.4, -0.2) is 53.9 Å². The second-order valence-corrected chi connectivity index (χ2v) is 12.7. The van der Waals surface area contributed by atoms with E-state index < -0.39 is 5.97 Å². The predicted octanol–water partition coefficient (Wildman–Crippen LogP) is 7.12. The number of benzene rings is 3. The van der Waals surface area contributed by atoms with Crippen LogP contribution in [0.2, 0.25) is 0 Å². The minimum absolute atomic E-state index is 0.00999. The van der Waals surface area contributed by atoms with Crippen LogP contribution < -0.4 is 10.1 Å². The number of hydrogen-bond donors (Lipinski definition) is 2. The van der Waals surface area contributed by atoms with Gasteiger partial charge in [0.05, 0.1) is 18.7 Å². The van der Waals surface area contributed by atoms with E-state index in [9.17, 15) is 9.59 Å². The molecule has 1 aliphatic heterocycles. The van der Waals surface area contributed by atoms with E-state index in [0.717, 1.165) is 49.2 Å². The summed E-state index contributed by atoms with van der Waals surface area (Å²) < 4.78 is 11.5. The van der Waals surface area contributed by atoms with Gasteiger partial charge in [-0.3, -0.25) is 15.0 Å². The normalized spacial score (nSPS) is 21.0. The van der Waals surface area contributed by atoms with E-state index >= 15 is 0 Å². The highest BCUT2D eigenvalue weighted by Crippen LogP contribution is 2.43. The van der Waals surface area contributed by atoms with Crippen molar-refractivity contribution in [3.63, 3.8) is 0 Å². The number of amides is 1. The minimum atomic E-state index is -0.860. The van der Waals surface area contributed by atoms with E-state index in [0.29, 0.717) is 23.6 Å². The van der Waals surface area contributed by atoms with Crippen molar-refractivity contribution in [2.75, 3.05) is 25.0 Å². The molecule has 1 unspecified atom stereocenters. The number of carbonyl (C=O) groups excluding carboxylic acids is 1. The van der Waals surface area contributed by atoms with Gasteiger partial charge in [-0.25, -0.2) is 4.79 Å². The summed E-state index contributed by atoms with van der Waals surface area (Å²) in [6, 6.07) is 26.3. The molecule has 2 fully saturated rings. The first-order valence-electron chi connectivity index (χ1n) is 15.0. The Balaban J connectivity index is 1.14. The number of hydrogen-bond acceptors (Lipinski definition) is 5. The second kappa shape index (κ2) is 13.0. The molecular formula is C35H42N2O5. The first-order valence-corrected chi connectivity index (χ1v) is 15.0. The summed E-state index contributed by atoms with van der Waals surface area (Å²) in [7, 11) is 0. The number of rotatable bonds is 10. The molecule has 7 heteroatoms. The fraction of sp³-hybridized carbons (Fsp3) is 0.429. The van der Waals surface area contributed by atoms with Crippen molar-refractivity contribution in [1.29, 1.82) is 0 Å². The van der Waals surface area contributed by atoms with Crippen LogP contribution in [0.15, 0.2) is 78.9 Å². The predicted molar refractivity (Wildman–Crippen MR) is 165 cm³/mol. The second-order valence-electron chi connectivity index (χ2n) is 12.7. The van der Waals surface area contributed by atoms with E-state index in [1.165, 1.54) is 5.56 Å². The SMILES string of the molecule is CC(C)(C)C(Cc1ccc(OCCC(=O)O)cc1)N1C[C@H]2C[C@H](OC(=O)Nc3ccccc3-c3ccccc3)C[C@H]2C1. The standard InChI is InChI=1S/C35H42N2O5/c1-35(2,3)32(19-24-13-15-28(16-14-24)41-18-17-33(38)39)37-22-26-20-29(21-27(26)23-37)42-34(40)36-31-12-8-7-11-30(31)25-9-5-4-6-10-25/h4-16,26-27,29,32H,17-23H2,1-3H3,(H,36,40)(H,38,39)/t26-,27+,29+,32?. The zero-order valence-electron chi connectivity index (χ0n) is 24.8. The Labute approximate surface area is 248 Å². The molecule has 1 saturated heterocycles. The number of anilines is 1. The number of likely N-dealkylation sites (tertiary alicyclic amines) is 1. The fourth-order valence-electron chi connectivity index (χ4n) is 6.57. The lowest BCUT2D eigenvalue weighted by Crippen LogP contribution is -2.45. The third-order valence-corrected chi connectivity index (χ3v) is 8.64. The number of nitrogens with zero attached hydrogens (tertiary/aromatic N) is 1. The molecule has 2 N–H and O–H groups in total. The monoisotopic (exact) mass is 570 g/mol. The molecule has 1 heterocycles. The van der Waals surface area contributed by atoms with Crippen LogP contribution in [0, 0.1) is 17.3 Å². The number of carboxylic acids is 1. The zero-order valence-corrected chi connectivity index (χ0v) is 24.8. The largest absolute Gasteiger partial charge is 0.493 e. The highest BCUT2D eigenvalue weighted by molar-refractivity contribution is 5.91. The van der Waals surface area contributed by atoms with Crippen LogP contribution in [0.1, 0.15) is 45.6 Å². The third kappa shape index (κ3) is 7.51. The maximum Gasteiger partial charge on any atom is 0.411 e. The lowest BCUT2D eigenvalue weighted by atomic mass is 9.82. The van der Waals surface area contributed by atoms with Gasteiger partial charge in [0.1, 0.15) is 11.9 Å². The van der Waals surface area contributed by atoms with Crippen LogP contribution in [-0.2, 0) is 16.0 Å². The number of aliphatic carboxylic acids is 1. The summed E-state index contributed by atoms with van der Waals surface area (Å²) in [5, 5.41) is 11.8. The van der Waals surface area contributed by atoms with Crippen LogP contribution in [0.4, 0.5) is 10.5 Å². The Morgan fingerprint density at radius 2 is 1.57 bits per heavy atom. The van der Waals surface area contributed by atoms with Crippen LogP contribution in [0.25, 0.3) is 11.1 Å². The summed E-state index contributed by atoms with van der Waals surface area (Å²) in [6.07, 6.45) is 2.27. The molecule has 42 heavy (non-hydrogen) atoms. The van der Waals surface area contributed by atoms with Crippen molar-refractivity contribution in [3.05, 3.63) is 84.4 Å². The molecule has 0 spiro atoms. The van der Waals surface area contributed by atoms with Crippen molar-refractivity contribution < 1.29 is 24.2 Å². The maximum atomic E-state index is 12.9. The average Bonchev–Trinajstić information content (AvgIpc) is 3.51. The molecule has 1 saturated carbocycles. The summed E-state index contributed by atoms with van der Waals surface area (Å²) in [5.74, 6) is 0.881. The number of nitrogens with one attached hydrogen (secondary N) is 1. The van der Waals surface area contributed by atoms with E-state index in [4.69, 9.17) is 14.6 Å². The van der Waals surface area contributed by atoms with E-state index in [-0.39, 0.29) is 30.6 Å². The quantitative estimate of drug-likeness (QED) is 0.270. The lowest BCUT2D eigenvalue weighted by Gasteiger charge is -2.39. The molecule has 2 aliphatic rings. The molecule has 5 rings (SSSR count). The topological polar surface area (TPSA) is 88.1 Å². The molecule has 3 aromatic carbocycles. The fourth-order valence-corrected chi connectivity index (χ4v) is 6.57. The summed E-state index contributed by atoms with van der Waals surface area (Å²) in [6.45, 7) is 9.11. The molecule has 0 aromatic heterocycles. The van der Waals surface area contributed by atoms with Crippen molar-refractivity contribution in [3.8, 4) is 16.9 Å². The molecule has 0 radical (unpaired) electrons. The van der Waals surface area contributed by atoms with Crippen molar-refractivity contribution >= 4 is 17.7 Å². The Kier molecular flexibility index (Phi) is 9.17. The zero-order chi connectivity index (χ0) is 29.7. The van der Waals surface area contributed by atoms with Crippen LogP contribution in [0.5, 0.6) is 5.75 Å².